The van der Waals surface area contributed by atoms with Gasteiger partial charge in [0.05, 0.1) is 24.1 Å². The molecule has 0 atom stereocenters. The summed E-state index contributed by atoms with van der Waals surface area (Å²) in [5.41, 5.74) is 1.10. The smallest absolute Gasteiger partial charge is 0.272 e. The molecule has 0 saturated carbocycles. The lowest BCUT2D eigenvalue weighted by atomic mass is 10.2. The van der Waals surface area contributed by atoms with E-state index in [0.29, 0.717) is 38.4 Å². The van der Waals surface area contributed by atoms with Crippen LogP contribution in [-0.4, -0.2) is 28.3 Å². The number of hydrogen-bond acceptors (Lipinski definition) is 6. The molecular formula is C19H20ClN3O3S2. The lowest BCUT2D eigenvalue weighted by Crippen LogP contribution is -2.25. The van der Waals surface area contributed by atoms with Gasteiger partial charge in [0, 0.05) is 11.6 Å². The highest BCUT2D eigenvalue weighted by Gasteiger charge is 2.16. The Bertz CT molecular complexity index is 1060. The van der Waals surface area contributed by atoms with Crippen molar-refractivity contribution in [1.29, 1.82) is 0 Å². The molecule has 3 rings (SSSR count). The van der Waals surface area contributed by atoms with Crippen molar-refractivity contribution in [2.45, 2.75) is 25.5 Å². The van der Waals surface area contributed by atoms with Gasteiger partial charge in [-0.15, -0.1) is 11.3 Å². The van der Waals surface area contributed by atoms with Crippen molar-refractivity contribution in [3.8, 4) is 5.75 Å². The molecule has 1 N–H and O–H groups in total. The van der Waals surface area contributed by atoms with Crippen LogP contribution in [0.1, 0.15) is 13.8 Å². The van der Waals surface area contributed by atoms with Gasteiger partial charge in [0.1, 0.15) is 10.4 Å². The van der Waals surface area contributed by atoms with Crippen molar-refractivity contribution < 1.29 is 9.53 Å². The van der Waals surface area contributed by atoms with Gasteiger partial charge in [-0.05, 0) is 35.6 Å². The summed E-state index contributed by atoms with van der Waals surface area (Å²) in [4.78, 5) is 29.8. The van der Waals surface area contributed by atoms with E-state index in [1.807, 2.05) is 25.3 Å². The molecule has 0 radical (unpaired) electrons. The Labute approximate surface area is 175 Å². The van der Waals surface area contributed by atoms with E-state index >= 15 is 0 Å². The van der Waals surface area contributed by atoms with E-state index in [9.17, 15) is 9.59 Å². The van der Waals surface area contributed by atoms with Crippen LogP contribution in [0, 0.1) is 5.92 Å². The van der Waals surface area contributed by atoms with E-state index in [4.69, 9.17) is 16.3 Å². The van der Waals surface area contributed by atoms with Crippen LogP contribution in [0.3, 0.4) is 0 Å². The second kappa shape index (κ2) is 8.98. The standard InChI is InChI=1S/C19H20ClN3O3S2/c1-11(2)9-23-18(25)17-13(6-7-27-17)22-19(23)28-10-16(24)21-14-8-12(20)4-5-15(14)26-3/h4-8,11H,9-10H2,1-3H3,(H,21,24). The first-order valence-corrected chi connectivity index (χ1v) is 10.9. The number of thioether (sulfide) groups is 1. The van der Waals surface area contributed by atoms with E-state index in [1.165, 1.54) is 30.2 Å². The first-order chi connectivity index (χ1) is 13.4. The first-order valence-electron chi connectivity index (χ1n) is 8.63. The molecule has 1 amide bonds. The van der Waals surface area contributed by atoms with Gasteiger partial charge in [-0.1, -0.05) is 37.2 Å². The Morgan fingerprint density at radius 3 is 2.89 bits per heavy atom. The summed E-state index contributed by atoms with van der Waals surface area (Å²) in [5, 5.41) is 5.69. The molecule has 0 fully saturated rings. The summed E-state index contributed by atoms with van der Waals surface area (Å²) >= 11 is 8.62. The maximum Gasteiger partial charge on any atom is 0.272 e. The minimum atomic E-state index is -0.235. The maximum absolute atomic E-state index is 12.8. The molecule has 0 aliphatic rings. The minimum absolute atomic E-state index is 0.0619. The Morgan fingerprint density at radius 2 is 2.18 bits per heavy atom. The monoisotopic (exact) mass is 437 g/mol. The first kappa shape index (κ1) is 20.7. The SMILES string of the molecule is COc1ccc(Cl)cc1NC(=O)CSc1nc2ccsc2c(=O)n1CC(C)C. The van der Waals surface area contributed by atoms with Gasteiger partial charge in [-0.25, -0.2) is 4.98 Å². The van der Waals surface area contributed by atoms with E-state index in [2.05, 4.69) is 10.3 Å². The van der Waals surface area contributed by atoms with Crippen LogP contribution in [0.15, 0.2) is 39.6 Å². The lowest BCUT2D eigenvalue weighted by Gasteiger charge is -2.14. The quantitative estimate of drug-likeness (QED) is 0.435. The van der Waals surface area contributed by atoms with Gasteiger partial charge in [-0.2, -0.15) is 0 Å². The fourth-order valence-electron chi connectivity index (χ4n) is 2.65. The summed E-state index contributed by atoms with van der Waals surface area (Å²) in [5.74, 6) is 0.676. The van der Waals surface area contributed by atoms with Crippen molar-refractivity contribution >= 4 is 56.5 Å². The topological polar surface area (TPSA) is 73.2 Å². The van der Waals surface area contributed by atoms with Gasteiger partial charge in [0.15, 0.2) is 5.16 Å². The number of carbonyl (C=O) groups is 1. The summed E-state index contributed by atoms with van der Waals surface area (Å²) in [6, 6.07) is 6.84. The van der Waals surface area contributed by atoms with E-state index in [-0.39, 0.29) is 23.1 Å². The van der Waals surface area contributed by atoms with Crippen LogP contribution < -0.4 is 15.6 Å². The zero-order chi connectivity index (χ0) is 20.3. The van der Waals surface area contributed by atoms with Crippen molar-refractivity contribution in [3.05, 3.63) is 45.0 Å². The molecule has 0 aliphatic carbocycles. The van der Waals surface area contributed by atoms with Crippen molar-refractivity contribution in [3.63, 3.8) is 0 Å². The lowest BCUT2D eigenvalue weighted by molar-refractivity contribution is -0.113. The number of aromatic nitrogens is 2. The number of hydrogen-bond donors (Lipinski definition) is 1. The Kier molecular flexibility index (Phi) is 6.64. The van der Waals surface area contributed by atoms with Crippen molar-refractivity contribution in [2.24, 2.45) is 5.92 Å². The van der Waals surface area contributed by atoms with Crippen LogP contribution in [0.5, 0.6) is 5.75 Å². The molecule has 2 heterocycles. The largest absolute Gasteiger partial charge is 0.495 e. The van der Waals surface area contributed by atoms with Crippen LogP contribution in [0.2, 0.25) is 5.02 Å². The zero-order valence-corrected chi connectivity index (χ0v) is 18.1. The second-order valence-corrected chi connectivity index (χ2v) is 8.82. The highest BCUT2D eigenvalue weighted by Crippen LogP contribution is 2.28. The molecule has 0 spiro atoms. The molecule has 6 nitrogen and oxygen atoms in total. The predicted molar refractivity (Wildman–Crippen MR) is 116 cm³/mol. The van der Waals surface area contributed by atoms with E-state index in [1.54, 1.807) is 22.8 Å². The average molecular weight is 438 g/mol. The van der Waals surface area contributed by atoms with Gasteiger partial charge >= 0.3 is 0 Å². The average Bonchev–Trinajstić information content (AvgIpc) is 3.11. The molecule has 0 aliphatic heterocycles. The Balaban J connectivity index is 1.80. The zero-order valence-electron chi connectivity index (χ0n) is 15.7. The highest BCUT2D eigenvalue weighted by atomic mass is 35.5. The number of fused-ring (bicyclic) bond motifs is 1. The fraction of sp³-hybridized carbons (Fsp3) is 0.316. The number of nitrogens with zero attached hydrogens (tertiary/aromatic N) is 2. The molecular weight excluding hydrogens is 418 g/mol. The fourth-order valence-corrected chi connectivity index (χ4v) is 4.41. The van der Waals surface area contributed by atoms with Crippen LogP contribution in [-0.2, 0) is 11.3 Å². The number of nitrogens with one attached hydrogen (secondary N) is 1. The van der Waals surface area contributed by atoms with Gasteiger partial charge in [-0.3, -0.25) is 14.2 Å². The third-order valence-corrected chi connectivity index (χ3v) is 5.95. The van der Waals surface area contributed by atoms with Gasteiger partial charge < -0.3 is 10.1 Å². The number of carbonyl (C=O) groups excluding carboxylic acids is 1. The Hall–Kier alpha value is -2.03. The molecule has 0 bridgehead atoms. The molecule has 1 aromatic carbocycles. The molecule has 2 aromatic heterocycles. The van der Waals surface area contributed by atoms with Crippen molar-refractivity contribution in [2.75, 3.05) is 18.2 Å². The number of amides is 1. The van der Waals surface area contributed by atoms with Gasteiger partial charge in [0.2, 0.25) is 5.91 Å². The molecule has 9 heteroatoms. The summed E-state index contributed by atoms with van der Waals surface area (Å²) in [6.45, 7) is 4.63. The number of halogens is 1. The summed E-state index contributed by atoms with van der Waals surface area (Å²) in [7, 11) is 1.53. The van der Waals surface area contributed by atoms with Crippen LogP contribution in [0.4, 0.5) is 5.69 Å². The normalized spacial score (nSPS) is 11.2. The molecule has 28 heavy (non-hydrogen) atoms. The van der Waals surface area contributed by atoms with Crippen molar-refractivity contribution in [1.82, 2.24) is 9.55 Å². The highest BCUT2D eigenvalue weighted by molar-refractivity contribution is 7.99. The molecule has 3 aromatic rings. The Morgan fingerprint density at radius 1 is 1.39 bits per heavy atom. The third kappa shape index (κ3) is 4.68. The number of rotatable bonds is 7. The number of anilines is 1. The van der Waals surface area contributed by atoms with Crippen LogP contribution >= 0.6 is 34.7 Å². The predicted octanol–water partition coefficient (Wildman–Crippen LogP) is 4.51. The third-order valence-electron chi connectivity index (χ3n) is 3.85. The summed E-state index contributed by atoms with van der Waals surface area (Å²) < 4.78 is 7.54. The number of benzene rings is 1. The number of ether oxygens (including phenoxy) is 1. The second-order valence-electron chi connectivity index (χ2n) is 6.52. The number of methoxy groups -OCH3 is 1. The minimum Gasteiger partial charge on any atom is -0.495 e. The van der Waals surface area contributed by atoms with E-state index < -0.39 is 0 Å². The van der Waals surface area contributed by atoms with E-state index in [0.717, 1.165) is 0 Å². The van der Waals surface area contributed by atoms with Crippen LogP contribution in [0.25, 0.3) is 10.2 Å². The molecule has 0 unspecified atom stereocenters. The molecule has 148 valence electrons. The number of thiophene rings is 1. The van der Waals surface area contributed by atoms with Gasteiger partial charge in [0.25, 0.3) is 5.56 Å². The maximum atomic E-state index is 12.8. The molecule has 0 saturated heterocycles. The summed E-state index contributed by atoms with van der Waals surface area (Å²) in [6.07, 6.45) is 0.